The highest BCUT2D eigenvalue weighted by molar-refractivity contribution is 5.71. The van der Waals surface area contributed by atoms with Gasteiger partial charge in [-0.05, 0) is 13.8 Å². The average molecular weight is 243 g/mol. The molecule has 0 saturated carbocycles. The summed E-state index contributed by atoms with van der Waals surface area (Å²) in [4.78, 5) is 12.3. The first kappa shape index (κ1) is 12.8. The van der Waals surface area contributed by atoms with Crippen LogP contribution in [0.4, 0.5) is 0 Å². The van der Waals surface area contributed by atoms with Crippen LogP contribution in [0, 0.1) is 5.41 Å². The largest absolute Gasteiger partial charge is 0.549 e. The van der Waals surface area contributed by atoms with Gasteiger partial charge in [0, 0.05) is 0 Å². The summed E-state index contributed by atoms with van der Waals surface area (Å²) in [7, 11) is 0. The molecule has 0 aliphatic carbocycles. The standard InChI is InChI=1S/C12H21NO4/c1-11(2,10(14)15)9-13-5-3-12(4-6-13)16-7-8-17-12/h3-9H2,1-2H3,(H,14,15). The third-order valence-corrected chi connectivity index (χ3v) is 3.78. The van der Waals surface area contributed by atoms with Crippen LogP contribution < -0.4 is 10.0 Å². The van der Waals surface area contributed by atoms with E-state index in [9.17, 15) is 9.90 Å². The van der Waals surface area contributed by atoms with Gasteiger partial charge in [-0.15, -0.1) is 0 Å². The maximum atomic E-state index is 11.0. The molecule has 0 unspecified atom stereocenters. The van der Waals surface area contributed by atoms with E-state index in [1.54, 1.807) is 13.8 Å². The van der Waals surface area contributed by atoms with E-state index < -0.39 is 11.4 Å². The molecule has 2 rings (SSSR count). The van der Waals surface area contributed by atoms with Crippen molar-refractivity contribution in [1.82, 2.24) is 0 Å². The molecule has 2 fully saturated rings. The molecule has 1 N–H and O–H groups in total. The maximum Gasteiger partial charge on any atom is 0.179 e. The van der Waals surface area contributed by atoms with Crippen molar-refractivity contribution >= 4 is 5.97 Å². The lowest BCUT2D eigenvalue weighted by Crippen LogP contribution is -3.15. The SMILES string of the molecule is CC(C)(C[NH+]1CCC2(CC1)OCCO2)C(=O)[O-]. The van der Waals surface area contributed by atoms with Gasteiger partial charge < -0.3 is 24.3 Å². The fourth-order valence-corrected chi connectivity index (χ4v) is 2.64. The van der Waals surface area contributed by atoms with Crippen LogP contribution in [0.3, 0.4) is 0 Å². The lowest BCUT2D eigenvalue weighted by atomic mass is 9.91. The molecule has 2 heterocycles. The second kappa shape index (κ2) is 4.55. The number of quaternary nitrogens is 1. The van der Waals surface area contributed by atoms with Crippen LogP contribution in [-0.2, 0) is 14.3 Å². The molecule has 1 spiro atoms. The number of rotatable bonds is 3. The number of hydrogen-bond donors (Lipinski definition) is 1. The number of ether oxygens (including phenoxy) is 2. The summed E-state index contributed by atoms with van der Waals surface area (Å²) < 4.78 is 11.3. The Morgan fingerprint density at radius 3 is 2.29 bits per heavy atom. The molecule has 2 aliphatic rings. The zero-order valence-electron chi connectivity index (χ0n) is 10.6. The van der Waals surface area contributed by atoms with E-state index in [1.165, 1.54) is 4.90 Å². The van der Waals surface area contributed by atoms with Crippen molar-refractivity contribution in [2.24, 2.45) is 5.41 Å². The van der Waals surface area contributed by atoms with E-state index in [0.717, 1.165) is 25.9 Å². The number of carbonyl (C=O) groups is 1. The number of carbonyl (C=O) groups excluding carboxylic acids is 1. The van der Waals surface area contributed by atoms with Gasteiger partial charge in [-0.25, -0.2) is 0 Å². The zero-order chi connectivity index (χ0) is 12.5. The molecule has 98 valence electrons. The molecule has 2 saturated heterocycles. The lowest BCUT2D eigenvalue weighted by Gasteiger charge is -2.38. The fraction of sp³-hybridized carbons (Fsp3) is 0.917. The van der Waals surface area contributed by atoms with Gasteiger partial charge in [-0.1, -0.05) is 0 Å². The fourth-order valence-electron chi connectivity index (χ4n) is 2.64. The number of carboxylic acids is 1. The van der Waals surface area contributed by atoms with E-state index in [0.29, 0.717) is 19.8 Å². The maximum absolute atomic E-state index is 11.0. The van der Waals surface area contributed by atoms with Crippen molar-refractivity contribution in [3.05, 3.63) is 0 Å². The minimum Gasteiger partial charge on any atom is -0.549 e. The van der Waals surface area contributed by atoms with E-state index in [1.807, 2.05) is 0 Å². The quantitative estimate of drug-likeness (QED) is 0.634. The average Bonchev–Trinajstić information content (AvgIpc) is 2.70. The number of likely N-dealkylation sites (tertiary alicyclic amines) is 1. The molecule has 0 amide bonds. The van der Waals surface area contributed by atoms with Crippen molar-refractivity contribution in [3.63, 3.8) is 0 Å². The lowest BCUT2D eigenvalue weighted by molar-refractivity contribution is -0.914. The first-order valence-corrected chi connectivity index (χ1v) is 6.27. The third-order valence-electron chi connectivity index (χ3n) is 3.78. The Balaban J connectivity index is 1.85. The zero-order valence-corrected chi connectivity index (χ0v) is 10.6. The van der Waals surface area contributed by atoms with Crippen LogP contribution in [0.5, 0.6) is 0 Å². The molecule has 0 aromatic rings. The molecular formula is C12H21NO4. The summed E-state index contributed by atoms with van der Waals surface area (Å²) in [5.41, 5.74) is -0.767. The Bertz CT molecular complexity index is 287. The summed E-state index contributed by atoms with van der Waals surface area (Å²) in [6.45, 7) is 7.21. The van der Waals surface area contributed by atoms with Crippen molar-refractivity contribution in [2.45, 2.75) is 32.5 Å². The van der Waals surface area contributed by atoms with Gasteiger partial charge in [0.25, 0.3) is 0 Å². The normalized spacial score (nSPS) is 25.3. The van der Waals surface area contributed by atoms with Crippen molar-refractivity contribution in [1.29, 1.82) is 0 Å². The number of nitrogens with one attached hydrogen (secondary N) is 1. The van der Waals surface area contributed by atoms with Gasteiger partial charge in [0.15, 0.2) is 5.79 Å². The Labute approximate surface area is 102 Å². The Hall–Kier alpha value is -0.650. The minimum atomic E-state index is -0.973. The second-order valence-corrected chi connectivity index (χ2v) is 5.71. The van der Waals surface area contributed by atoms with Gasteiger partial charge in [-0.3, -0.25) is 0 Å². The summed E-state index contributed by atoms with van der Waals surface area (Å²) in [5, 5.41) is 11.0. The Morgan fingerprint density at radius 2 is 1.82 bits per heavy atom. The van der Waals surface area contributed by atoms with E-state index in [4.69, 9.17) is 9.47 Å². The van der Waals surface area contributed by atoms with E-state index in [2.05, 4.69) is 0 Å². The van der Waals surface area contributed by atoms with Crippen molar-refractivity contribution in [3.8, 4) is 0 Å². The van der Waals surface area contributed by atoms with Gasteiger partial charge >= 0.3 is 0 Å². The number of hydrogen-bond acceptors (Lipinski definition) is 4. The van der Waals surface area contributed by atoms with Crippen LogP contribution in [0.15, 0.2) is 0 Å². The molecule has 0 radical (unpaired) electrons. The molecule has 17 heavy (non-hydrogen) atoms. The first-order chi connectivity index (χ1) is 7.94. The van der Waals surface area contributed by atoms with Crippen LogP contribution in [-0.4, -0.2) is 44.6 Å². The molecule has 0 aromatic carbocycles. The van der Waals surface area contributed by atoms with Crippen molar-refractivity contribution < 1.29 is 24.3 Å². The van der Waals surface area contributed by atoms with Crippen LogP contribution in [0.2, 0.25) is 0 Å². The number of carboxylic acid groups (broad SMARTS) is 1. The molecule has 0 bridgehead atoms. The number of piperidine rings is 1. The molecule has 5 nitrogen and oxygen atoms in total. The molecule has 0 aromatic heterocycles. The predicted molar refractivity (Wildman–Crippen MR) is 58.2 cm³/mol. The van der Waals surface area contributed by atoms with Gasteiger partial charge in [-0.2, -0.15) is 0 Å². The van der Waals surface area contributed by atoms with Crippen LogP contribution >= 0.6 is 0 Å². The van der Waals surface area contributed by atoms with Gasteiger partial charge in [0.1, 0.15) is 0 Å². The highest BCUT2D eigenvalue weighted by atomic mass is 16.7. The third kappa shape index (κ3) is 2.78. The minimum absolute atomic E-state index is 0.366. The number of aliphatic carboxylic acids is 1. The summed E-state index contributed by atoms with van der Waals surface area (Å²) in [5.74, 6) is -1.34. The monoisotopic (exact) mass is 243 g/mol. The van der Waals surface area contributed by atoms with E-state index >= 15 is 0 Å². The highest BCUT2D eigenvalue weighted by Crippen LogP contribution is 2.27. The van der Waals surface area contributed by atoms with Crippen LogP contribution in [0.25, 0.3) is 0 Å². The Morgan fingerprint density at radius 1 is 1.29 bits per heavy atom. The Kier molecular flexibility index (Phi) is 3.43. The summed E-state index contributed by atoms with van der Waals surface area (Å²) in [6.07, 6.45) is 1.71. The van der Waals surface area contributed by atoms with Crippen LogP contribution in [0.1, 0.15) is 26.7 Å². The van der Waals surface area contributed by atoms with Gasteiger partial charge in [0.05, 0.1) is 57.1 Å². The molecule has 5 heteroatoms. The summed E-state index contributed by atoms with van der Waals surface area (Å²) >= 11 is 0. The smallest absolute Gasteiger partial charge is 0.179 e. The van der Waals surface area contributed by atoms with Gasteiger partial charge in [0.2, 0.25) is 0 Å². The topological polar surface area (TPSA) is 63.0 Å². The molecule has 2 aliphatic heterocycles. The second-order valence-electron chi connectivity index (χ2n) is 5.71. The summed E-state index contributed by atoms with van der Waals surface area (Å²) in [6, 6.07) is 0. The van der Waals surface area contributed by atoms with Crippen molar-refractivity contribution in [2.75, 3.05) is 32.8 Å². The predicted octanol–water partition coefficient (Wildman–Crippen LogP) is -1.82. The molecule has 0 atom stereocenters. The first-order valence-electron chi connectivity index (χ1n) is 6.27. The highest BCUT2D eigenvalue weighted by Gasteiger charge is 2.42. The van der Waals surface area contributed by atoms with E-state index in [-0.39, 0.29) is 5.79 Å². The molecular weight excluding hydrogens is 222 g/mol.